The molecule has 1 fully saturated rings. The Morgan fingerprint density at radius 1 is 1.19 bits per heavy atom. The topological polar surface area (TPSA) is 21.3 Å². The molecule has 1 saturated carbocycles. The molecule has 1 aliphatic carbocycles. The van der Waals surface area contributed by atoms with E-state index in [1.165, 1.54) is 43.2 Å². The molecular weight excluding hydrogens is 258 g/mol. The van der Waals surface area contributed by atoms with Gasteiger partial charge >= 0.3 is 0 Å². The van der Waals surface area contributed by atoms with Crippen molar-refractivity contribution in [3.63, 3.8) is 0 Å². The second-order valence-electron chi connectivity index (χ2n) is 6.67. The molecule has 1 aromatic carbocycles. The molecule has 1 N–H and O–H groups in total. The van der Waals surface area contributed by atoms with Crippen molar-refractivity contribution in [2.45, 2.75) is 58.9 Å². The van der Waals surface area contributed by atoms with E-state index in [1.54, 1.807) is 7.11 Å². The van der Waals surface area contributed by atoms with Crippen molar-refractivity contribution < 1.29 is 4.74 Å². The van der Waals surface area contributed by atoms with Crippen molar-refractivity contribution in [1.82, 2.24) is 5.32 Å². The smallest absolute Gasteiger partial charge is 0.123 e. The lowest BCUT2D eigenvalue weighted by atomic mass is 9.81. The van der Waals surface area contributed by atoms with E-state index < -0.39 is 0 Å². The van der Waals surface area contributed by atoms with Crippen LogP contribution in [0.15, 0.2) is 18.2 Å². The van der Waals surface area contributed by atoms with Gasteiger partial charge in [-0.2, -0.15) is 0 Å². The van der Waals surface area contributed by atoms with Crippen molar-refractivity contribution in [3.05, 3.63) is 29.3 Å². The van der Waals surface area contributed by atoms with E-state index in [9.17, 15) is 0 Å². The Labute approximate surface area is 130 Å². The van der Waals surface area contributed by atoms with Crippen molar-refractivity contribution in [2.24, 2.45) is 11.8 Å². The molecule has 1 unspecified atom stereocenters. The summed E-state index contributed by atoms with van der Waals surface area (Å²) in [5.74, 6) is 2.84. The van der Waals surface area contributed by atoms with Crippen LogP contribution in [0.1, 0.15) is 63.1 Å². The van der Waals surface area contributed by atoms with E-state index in [4.69, 9.17) is 4.74 Å². The molecule has 21 heavy (non-hydrogen) atoms. The summed E-state index contributed by atoms with van der Waals surface area (Å²) in [4.78, 5) is 0. The lowest BCUT2D eigenvalue weighted by Crippen LogP contribution is -2.28. The third kappa shape index (κ3) is 4.47. The SMILES string of the molecule is CCC1CCC(CNC(C)c2ccc(C)cc2OC)CC1. The largest absolute Gasteiger partial charge is 0.496 e. The number of aryl methyl sites for hydroxylation is 1. The standard InChI is InChI=1S/C19H31NO/c1-5-16-7-9-17(10-8-16)13-20-15(3)18-11-6-14(2)12-19(18)21-4/h6,11-12,15-17,20H,5,7-10,13H2,1-4H3. The summed E-state index contributed by atoms with van der Waals surface area (Å²) in [5.41, 5.74) is 2.52. The van der Waals surface area contributed by atoms with Gasteiger partial charge in [-0.05, 0) is 56.7 Å². The van der Waals surface area contributed by atoms with E-state index in [2.05, 4.69) is 44.3 Å². The van der Waals surface area contributed by atoms with Crippen molar-refractivity contribution in [3.8, 4) is 5.75 Å². The predicted octanol–water partition coefficient (Wildman–Crippen LogP) is 4.87. The Balaban J connectivity index is 1.86. The molecule has 0 saturated heterocycles. The molecular formula is C19H31NO. The Morgan fingerprint density at radius 2 is 1.86 bits per heavy atom. The average molecular weight is 289 g/mol. The Bertz CT molecular complexity index is 435. The van der Waals surface area contributed by atoms with E-state index >= 15 is 0 Å². The molecule has 0 aliphatic heterocycles. The molecule has 2 rings (SSSR count). The van der Waals surface area contributed by atoms with E-state index in [1.807, 2.05) is 0 Å². The van der Waals surface area contributed by atoms with Gasteiger partial charge in [0.15, 0.2) is 0 Å². The van der Waals surface area contributed by atoms with Gasteiger partial charge in [-0.15, -0.1) is 0 Å². The number of rotatable bonds is 6. The third-order valence-electron chi connectivity index (χ3n) is 5.11. The summed E-state index contributed by atoms with van der Waals surface area (Å²) in [5, 5.41) is 3.72. The minimum absolute atomic E-state index is 0.351. The summed E-state index contributed by atoms with van der Waals surface area (Å²) in [6.07, 6.45) is 6.99. The van der Waals surface area contributed by atoms with Crippen LogP contribution in [0.4, 0.5) is 0 Å². The fourth-order valence-electron chi connectivity index (χ4n) is 3.47. The highest BCUT2D eigenvalue weighted by Gasteiger charge is 2.20. The number of hydrogen-bond acceptors (Lipinski definition) is 2. The zero-order valence-electron chi connectivity index (χ0n) is 14.1. The van der Waals surface area contributed by atoms with Gasteiger partial charge < -0.3 is 10.1 Å². The Kier molecular flexibility index (Phi) is 6.10. The fourth-order valence-corrected chi connectivity index (χ4v) is 3.47. The summed E-state index contributed by atoms with van der Waals surface area (Å²) < 4.78 is 5.53. The number of ether oxygens (including phenoxy) is 1. The molecule has 0 heterocycles. The first-order valence-electron chi connectivity index (χ1n) is 8.52. The van der Waals surface area contributed by atoms with Gasteiger partial charge in [-0.1, -0.05) is 38.3 Å². The van der Waals surface area contributed by atoms with Crippen LogP contribution in [0, 0.1) is 18.8 Å². The van der Waals surface area contributed by atoms with Crippen LogP contribution in [0.25, 0.3) is 0 Å². The van der Waals surface area contributed by atoms with Gasteiger partial charge in [-0.3, -0.25) is 0 Å². The predicted molar refractivity (Wildman–Crippen MR) is 89.9 cm³/mol. The van der Waals surface area contributed by atoms with Gasteiger partial charge in [0.25, 0.3) is 0 Å². The quantitative estimate of drug-likeness (QED) is 0.806. The van der Waals surface area contributed by atoms with Gasteiger partial charge in [0.1, 0.15) is 5.75 Å². The van der Waals surface area contributed by atoms with Crippen LogP contribution in [0.3, 0.4) is 0 Å². The maximum absolute atomic E-state index is 5.53. The highest BCUT2D eigenvalue weighted by molar-refractivity contribution is 5.39. The zero-order valence-corrected chi connectivity index (χ0v) is 14.1. The molecule has 2 nitrogen and oxygen atoms in total. The first kappa shape index (κ1) is 16.4. The molecule has 0 aromatic heterocycles. The minimum atomic E-state index is 0.351. The summed E-state index contributed by atoms with van der Waals surface area (Å²) in [6.45, 7) is 7.81. The van der Waals surface area contributed by atoms with Gasteiger partial charge in [0.05, 0.1) is 7.11 Å². The highest BCUT2D eigenvalue weighted by Crippen LogP contribution is 2.31. The van der Waals surface area contributed by atoms with Gasteiger partial charge in [0, 0.05) is 11.6 Å². The zero-order chi connectivity index (χ0) is 15.2. The Morgan fingerprint density at radius 3 is 2.48 bits per heavy atom. The van der Waals surface area contributed by atoms with Crippen LogP contribution in [-0.4, -0.2) is 13.7 Å². The fraction of sp³-hybridized carbons (Fsp3) is 0.684. The van der Waals surface area contributed by atoms with Crippen LogP contribution in [0.5, 0.6) is 5.75 Å². The lowest BCUT2D eigenvalue weighted by Gasteiger charge is -2.29. The summed E-state index contributed by atoms with van der Waals surface area (Å²) in [6, 6.07) is 6.84. The second-order valence-corrected chi connectivity index (χ2v) is 6.67. The van der Waals surface area contributed by atoms with Crippen molar-refractivity contribution in [2.75, 3.05) is 13.7 Å². The first-order valence-corrected chi connectivity index (χ1v) is 8.52. The molecule has 0 spiro atoms. The lowest BCUT2D eigenvalue weighted by molar-refractivity contribution is 0.257. The summed E-state index contributed by atoms with van der Waals surface area (Å²) >= 11 is 0. The molecule has 118 valence electrons. The molecule has 0 bridgehead atoms. The van der Waals surface area contributed by atoms with Crippen molar-refractivity contribution in [1.29, 1.82) is 0 Å². The van der Waals surface area contributed by atoms with Gasteiger partial charge in [0.2, 0.25) is 0 Å². The summed E-state index contributed by atoms with van der Waals surface area (Å²) in [7, 11) is 1.76. The van der Waals surface area contributed by atoms with E-state index in [0.29, 0.717) is 6.04 Å². The first-order chi connectivity index (χ1) is 10.1. The van der Waals surface area contributed by atoms with Crippen LogP contribution < -0.4 is 10.1 Å². The van der Waals surface area contributed by atoms with Crippen LogP contribution in [0.2, 0.25) is 0 Å². The molecule has 1 aliphatic rings. The number of methoxy groups -OCH3 is 1. The van der Waals surface area contributed by atoms with Crippen LogP contribution in [-0.2, 0) is 0 Å². The number of hydrogen-bond donors (Lipinski definition) is 1. The van der Waals surface area contributed by atoms with Crippen molar-refractivity contribution >= 4 is 0 Å². The van der Waals surface area contributed by atoms with Crippen LogP contribution >= 0.6 is 0 Å². The molecule has 0 amide bonds. The number of benzene rings is 1. The Hall–Kier alpha value is -1.02. The molecule has 2 heteroatoms. The maximum Gasteiger partial charge on any atom is 0.123 e. The maximum atomic E-state index is 5.53. The average Bonchev–Trinajstić information content (AvgIpc) is 2.52. The minimum Gasteiger partial charge on any atom is -0.496 e. The number of nitrogens with one attached hydrogen (secondary N) is 1. The molecule has 1 aromatic rings. The molecule has 0 radical (unpaired) electrons. The highest BCUT2D eigenvalue weighted by atomic mass is 16.5. The van der Waals surface area contributed by atoms with Gasteiger partial charge in [-0.25, -0.2) is 0 Å². The van der Waals surface area contributed by atoms with E-state index in [0.717, 1.165) is 24.1 Å². The third-order valence-corrected chi connectivity index (χ3v) is 5.11. The monoisotopic (exact) mass is 289 g/mol. The second kappa shape index (κ2) is 7.84. The normalized spacial score (nSPS) is 23.8. The molecule has 1 atom stereocenters. The van der Waals surface area contributed by atoms with E-state index in [-0.39, 0.29) is 0 Å².